The Morgan fingerprint density at radius 3 is 1.41 bits per heavy atom. The Morgan fingerprint density at radius 1 is 0.646 bits per heavy atom. The van der Waals surface area contributed by atoms with E-state index in [0.29, 0.717) is 96.8 Å². The van der Waals surface area contributed by atoms with E-state index in [1.54, 1.807) is 47.8 Å². The molecule has 2 fully saturated rings. The summed E-state index contributed by atoms with van der Waals surface area (Å²) >= 11 is 12.9. The number of fused-ring (bicyclic) bond motifs is 2. The van der Waals surface area contributed by atoms with E-state index in [4.69, 9.17) is 32.7 Å². The number of halogens is 2. The van der Waals surface area contributed by atoms with E-state index in [-0.39, 0.29) is 56.6 Å². The fraction of sp³-hybridized carbons (Fsp3) is 0.439. The van der Waals surface area contributed by atoms with Gasteiger partial charge in [0, 0.05) is 99.4 Å². The molecule has 4 amide bonds. The molecule has 10 rings (SSSR count). The van der Waals surface area contributed by atoms with E-state index < -0.39 is 24.2 Å². The average Bonchev–Trinajstić information content (AvgIpc) is 4.25. The molecule has 0 unspecified atom stereocenters. The zero-order valence-electron chi connectivity index (χ0n) is 44.1. The summed E-state index contributed by atoms with van der Waals surface area (Å²) in [6.45, 7) is 10.4. The molecule has 4 aliphatic heterocycles. The second-order valence-corrected chi connectivity index (χ2v) is 21.0. The number of aliphatic hydroxyl groups excluding tert-OH is 2. The van der Waals surface area contributed by atoms with Gasteiger partial charge in [-0.2, -0.15) is 0 Å². The first-order valence-electron chi connectivity index (χ1n) is 26.4. The minimum atomic E-state index is -0.728. The molecular formula is C57H70Cl2N12O8. The van der Waals surface area contributed by atoms with Crippen LogP contribution < -0.4 is 21.3 Å². The summed E-state index contributed by atoms with van der Waals surface area (Å²) < 4.78 is 13.9. The van der Waals surface area contributed by atoms with Gasteiger partial charge in [0.2, 0.25) is 23.7 Å². The van der Waals surface area contributed by atoms with Crippen LogP contribution in [0.2, 0.25) is 10.0 Å². The SMILES string of the molecule is C.Cc1cccc([C@@H](CO)NC(=O)[C@@H](C)N2CCc3cc(-c4nc(NC5CCOCC5)ncc4Cl)cn3C2=O)c1.Cc1cccc([C@@H](CO)NC(=O)[C@H](C)N2CCc3cc(-c4nc(NC5CCOCC5)ncc4Cl)cn3C2=O)c1. The van der Waals surface area contributed by atoms with Crippen molar-refractivity contribution in [1.29, 1.82) is 0 Å². The van der Waals surface area contributed by atoms with Crippen molar-refractivity contribution in [1.82, 2.24) is 49.5 Å². The van der Waals surface area contributed by atoms with Crippen LogP contribution in [-0.2, 0) is 31.9 Å². The third-order valence-electron chi connectivity index (χ3n) is 14.6. The van der Waals surface area contributed by atoms with Crippen LogP contribution in [0.15, 0.2) is 85.5 Å². The highest BCUT2D eigenvalue weighted by Crippen LogP contribution is 2.33. The summed E-state index contributed by atoms with van der Waals surface area (Å²) in [7, 11) is 0. The molecule has 0 aliphatic carbocycles. The zero-order chi connectivity index (χ0) is 55.0. The minimum Gasteiger partial charge on any atom is -0.394 e. The standard InChI is InChI=1S/2C28H33ClN6O4.CH4/c2*1-17-4-3-5-19(12-17)24(16-36)32-26(37)18(2)34-9-6-22-13-20(15-35(22)28(34)38)25-23(29)14-30-27(33-25)31-21-7-10-39-11-8-21;/h2*3-5,12-15,18,21,24,36H,6-11,16H2,1-2H3,(H,32,37)(H,30,31,33);1H4/t18-,24+;18-,24-;/m01./s1. The van der Waals surface area contributed by atoms with Gasteiger partial charge in [-0.25, -0.2) is 29.5 Å². The molecule has 79 heavy (non-hydrogen) atoms. The summed E-state index contributed by atoms with van der Waals surface area (Å²) in [6, 6.07) is 16.4. The molecule has 4 atom stereocenters. The lowest BCUT2D eigenvalue weighted by atomic mass is 10.0. The quantitative estimate of drug-likeness (QED) is 0.0543. The normalized spacial score (nSPS) is 17.2. The van der Waals surface area contributed by atoms with Gasteiger partial charge in [-0.3, -0.25) is 18.7 Å². The Morgan fingerprint density at radius 2 is 1.04 bits per heavy atom. The van der Waals surface area contributed by atoms with Crippen molar-refractivity contribution in [2.75, 3.05) is 63.4 Å². The second kappa shape index (κ2) is 26.3. The van der Waals surface area contributed by atoms with Gasteiger partial charge in [-0.05, 0) is 76.6 Å². The number of ether oxygens (including phenoxy) is 2. The average molecular weight is 1120 g/mol. The van der Waals surface area contributed by atoms with E-state index in [2.05, 4.69) is 41.2 Å². The van der Waals surface area contributed by atoms with E-state index in [0.717, 1.165) is 59.3 Å². The van der Waals surface area contributed by atoms with Gasteiger partial charge >= 0.3 is 12.1 Å². The van der Waals surface area contributed by atoms with Crippen molar-refractivity contribution < 1.29 is 38.9 Å². The maximum atomic E-state index is 13.5. The largest absolute Gasteiger partial charge is 0.394 e. The van der Waals surface area contributed by atoms with Crippen LogP contribution in [0.3, 0.4) is 0 Å². The second-order valence-electron chi connectivity index (χ2n) is 20.1. The van der Waals surface area contributed by atoms with E-state index in [1.807, 2.05) is 74.5 Å². The first-order chi connectivity index (χ1) is 37.7. The van der Waals surface area contributed by atoms with Crippen LogP contribution in [0.1, 0.15) is 92.7 Å². The number of aliphatic hydroxyl groups is 2. The third-order valence-corrected chi connectivity index (χ3v) is 15.2. The highest BCUT2D eigenvalue weighted by Gasteiger charge is 2.35. The van der Waals surface area contributed by atoms with Crippen molar-refractivity contribution in [3.8, 4) is 22.5 Å². The third kappa shape index (κ3) is 13.7. The lowest BCUT2D eigenvalue weighted by molar-refractivity contribution is -0.126. The first kappa shape index (κ1) is 58.2. The number of nitrogens with zero attached hydrogens (tertiary/aromatic N) is 8. The van der Waals surface area contributed by atoms with Crippen molar-refractivity contribution in [2.45, 2.75) is 110 Å². The lowest BCUT2D eigenvalue weighted by Crippen LogP contribution is -2.52. The number of carbonyl (C=O) groups is 4. The van der Waals surface area contributed by atoms with Crippen molar-refractivity contribution >= 4 is 59.0 Å². The number of rotatable bonds is 16. The molecule has 0 bridgehead atoms. The minimum absolute atomic E-state index is 0. The number of benzene rings is 2. The Bertz CT molecular complexity index is 2920. The van der Waals surface area contributed by atoms with Gasteiger partial charge in [0.15, 0.2) is 0 Å². The molecule has 0 radical (unpaired) electrons. The van der Waals surface area contributed by atoms with Gasteiger partial charge in [-0.1, -0.05) is 90.3 Å². The number of amides is 4. The van der Waals surface area contributed by atoms with Gasteiger partial charge in [0.1, 0.15) is 12.1 Å². The van der Waals surface area contributed by atoms with E-state index >= 15 is 0 Å². The smallest absolute Gasteiger partial charge is 0.329 e. The number of hydrogen-bond donors (Lipinski definition) is 6. The molecule has 6 N–H and O–H groups in total. The molecule has 2 aromatic carbocycles. The topological polar surface area (TPSA) is 243 Å². The lowest BCUT2D eigenvalue weighted by Gasteiger charge is -2.33. The Hall–Kier alpha value is -6.94. The highest BCUT2D eigenvalue weighted by molar-refractivity contribution is 6.33. The van der Waals surface area contributed by atoms with Crippen LogP contribution in [0, 0.1) is 13.8 Å². The van der Waals surface area contributed by atoms with Crippen molar-refractivity contribution in [3.63, 3.8) is 0 Å². The van der Waals surface area contributed by atoms with Crippen molar-refractivity contribution in [3.05, 3.63) is 129 Å². The monoisotopic (exact) mass is 1120 g/mol. The fourth-order valence-electron chi connectivity index (χ4n) is 10.1. The number of anilines is 2. The molecule has 22 heteroatoms. The Kier molecular flexibility index (Phi) is 19.4. The van der Waals surface area contributed by atoms with Crippen LogP contribution >= 0.6 is 23.2 Å². The summed E-state index contributed by atoms with van der Waals surface area (Å²) in [4.78, 5) is 74.2. The van der Waals surface area contributed by atoms with Crippen LogP contribution in [0.5, 0.6) is 0 Å². The summed E-state index contributed by atoms with van der Waals surface area (Å²) in [5.74, 6) is 0.302. The Balaban J connectivity index is 0.000000205. The van der Waals surface area contributed by atoms with Gasteiger partial charge < -0.3 is 50.8 Å². The van der Waals surface area contributed by atoms with Gasteiger partial charge in [0.05, 0.1) is 59.1 Å². The van der Waals surface area contributed by atoms with E-state index in [1.165, 1.54) is 9.80 Å². The molecule has 8 heterocycles. The van der Waals surface area contributed by atoms with Crippen LogP contribution in [0.4, 0.5) is 21.5 Å². The molecule has 6 aromatic rings. The molecule has 4 aromatic heterocycles. The predicted octanol–water partition coefficient (Wildman–Crippen LogP) is 7.76. The number of aryl methyl sites for hydroxylation is 2. The van der Waals surface area contributed by atoms with Crippen molar-refractivity contribution in [2.24, 2.45) is 0 Å². The molecular weight excluding hydrogens is 1050 g/mol. The maximum Gasteiger partial charge on any atom is 0.329 e. The molecule has 2 saturated heterocycles. The number of hydrogen-bond acceptors (Lipinski definition) is 14. The summed E-state index contributed by atoms with van der Waals surface area (Å²) in [5.41, 5.74) is 7.83. The number of carbonyl (C=O) groups excluding carboxylic acids is 4. The summed E-state index contributed by atoms with van der Waals surface area (Å²) in [6.07, 6.45) is 11.2. The molecule has 420 valence electrons. The van der Waals surface area contributed by atoms with Crippen LogP contribution in [-0.4, -0.2) is 150 Å². The molecule has 20 nitrogen and oxygen atoms in total. The number of nitrogens with one attached hydrogen (secondary N) is 4. The summed E-state index contributed by atoms with van der Waals surface area (Å²) in [5, 5.41) is 33.1. The van der Waals surface area contributed by atoms with Gasteiger partial charge in [-0.15, -0.1) is 0 Å². The molecule has 0 saturated carbocycles. The Labute approximate surface area is 470 Å². The fourth-order valence-corrected chi connectivity index (χ4v) is 10.5. The maximum absolute atomic E-state index is 13.5. The first-order valence-corrected chi connectivity index (χ1v) is 27.2. The van der Waals surface area contributed by atoms with E-state index in [9.17, 15) is 29.4 Å². The zero-order valence-corrected chi connectivity index (χ0v) is 45.6. The molecule has 4 aliphatic rings. The van der Waals surface area contributed by atoms with Crippen LogP contribution in [0.25, 0.3) is 22.5 Å². The highest BCUT2D eigenvalue weighted by atomic mass is 35.5. The van der Waals surface area contributed by atoms with Gasteiger partial charge in [0.25, 0.3) is 0 Å². The number of aromatic nitrogens is 6. The predicted molar refractivity (Wildman–Crippen MR) is 302 cm³/mol. The molecule has 0 spiro atoms.